The fourth-order valence-corrected chi connectivity index (χ4v) is 2.68. The molecular formula is C18H18ClNO. The van der Waals surface area contributed by atoms with Gasteiger partial charge in [0.25, 0.3) is 0 Å². The molecule has 3 aromatic rings. The lowest BCUT2D eigenvalue weighted by Gasteiger charge is -2.10. The van der Waals surface area contributed by atoms with E-state index in [4.69, 9.17) is 21.8 Å². The summed E-state index contributed by atoms with van der Waals surface area (Å²) in [4.78, 5) is 0. The maximum atomic E-state index is 6.29. The molecular weight excluding hydrogens is 282 g/mol. The molecule has 1 heterocycles. The maximum absolute atomic E-state index is 6.29. The number of aryl methyl sites for hydroxylation is 2. The molecule has 21 heavy (non-hydrogen) atoms. The average molecular weight is 300 g/mol. The number of halogens is 1. The molecule has 108 valence electrons. The van der Waals surface area contributed by atoms with Crippen molar-refractivity contribution in [3.63, 3.8) is 0 Å². The van der Waals surface area contributed by atoms with Crippen molar-refractivity contribution in [2.24, 2.45) is 5.73 Å². The van der Waals surface area contributed by atoms with Gasteiger partial charge in [0.15, 0.2) is 0 Å². The van der Waals surface area contributed by atoms with E-state index in [1.165, 1.54) is 16.7 Å². The zero-order chi connectivity index (χ0) is 15.0. The second-order valence-corrected chi connectivity index (χ2v) is 6.00. The maximum Gasteiger partial charge on any atom is 0.134 e. The van der Waals surface area contributed by atoms with Gasteiger partial charge in [-0.25, -0.2) is 0 Å². The molecule has 0 bridgehead atoms. The summed E-state index contributed by atoms with van der Waals surface area (Å²) in [5.41, 5.74) is 10.9. The van der Waals surface area contributed by atoms with Gasteiger partial charge in [-0.3, -0.25) is 0 Å². The zero-order valence-electron chi connectivity index (χ0n) is 12.2. The first-order chi connectivity index (χ1) is 10.0. The Hall–Kier alpha value is -1.77. The zero-order valence-corrected chi connectivity index (χ0v) is 12.9. The summed E-state index contributed by atoms with van der Waals surface area (Å²) in [6.07, 6.45) is 0.759. The van der Waals surface area contributed by atoms with Crippen LogP contribution in [0.5, 0.6) is 0 Å². The van der Waals surface area contributed by atoms with E-state index in [0.29, 0.717) is 5.02 Å². The van der Waals surface area contributed by atoms with Crippen molar-refractivity contribution >= 4 is 22.6 Å². The highest BCUT2D eigenvalue weighted by Gasteiger charge is 2.13. The van der Waals surface area contributed by atoms with Gasteiger partial charge in [-0.15, -0.1) is 0 Å². The van der Waals surface area contributed by atoms with Gasteiger partial charge in [0.2, 0.25) is 0 Å². The van der Waals surface area contributed by atoms with Gasteiger partial charge in [-0.2, -0.15) is 0 Å². The number of fused-ring (bicyclic) bond motifs is 1. The first-order valence-electron chi connectivity index (χ1n) is 7.03. The minimum atomic E-state index is -0.154. The highest BCUT2D eigenvalue weighted by atomic mass is 35.5. The molecule has 1 unspecified atom stereocenters. The summed E-state index contributed by atoms with van der Waals surface area (Å²) >= 11 is 6.00. The second kappa shape index (κ2) is 5.55. The molecule has 2 nitrogen and oxygen atoms in total. The van der Waals surface area contributed by atoms with Crippen LogP contribution in [0.1, 0.15) is 28.5 Å². The van der Waals surface area contributed by atoms with E-state index in [0.717, 1.165) is 23.2 Å². The molecule has 0 aliphatic rings. The number of hydrogen-bond acceptors (Lipinski definition) is 2. The van der Waals surface area contributed by atoms with Gasteiger partial charge >= 0.3 is 0 Å². The molecule has 0 aliphatic carbocycles. The average Bonchev–Trinajstić information content (AvgIpc) is 2.86. The lowest BCUT2D eigenvalue weighted by atomic mass is 10.00. The Morgan fingerprint density at radius 3 is 2.62 bits per heavy atom. The Morgan fingerprint density at radius 2 is 1.86 bits per heavy atom. The highest BCUT2D eigenvalue weighted by molar-refractivity contribution is 6.31. The van der Waals surface area contributed by atoms with E-state index >= 15 is 0 Å². The van der Waals surface area contributed by atoms with Gasteiger partial charge < -0.3 is 10.2 Å². The Balaban J connectivity index is 1.85. The van der Waals surface area contributed by atoms with Gasteiger partial charge in [-0.05, 0) is 61.2 Å². The molecule has 2 aromatic carbocycles. The smallest absolute Gasteiger partial charge is 0.134 e. The minimum Gasteiger partial charge on any atom is -0.459 e. The van der Waals surface area contributed by atoms with E-state index in [2.05, 4.69) is 32.0 Å². The molecule has 0 spiro atoms. The quantitative estimate of drug-likeness (QED) is 0.743. The number of furan rings is 1. The van der Waals surface area contributed by atoms with E-state index in [1.807, 2.05) is 24.3 Å². The normalized spacial score (nSPS) is 12.8. The van der Waals surface area contributed by atoms with Crippen molar-refractivity contribution < 1.29 is 4.42 Å². The summed E-state index contributed by atoms with van der Waals surface area (Å²) < 4.78 is 5.83. The summed E-state index contributed by atoms with van der Waals surface area (Å²) in [6.45, 7) is 4.23. The molecule has 2 N–H and O–H groups in total. The first kappa shape index (κ1) is 14.2. The Bertz CT molecular complexity index is 791. The number of rotatable bonds is 3. The third kappa shape index (κ3) is 2.97. The van der Waals surface area contributed by atoms with Crippen molar-refractivity contribution in [3.8, 4) is 0 Å². The summed E-state index contributed by atoms with van der Waals surface area (Å²) in [5.74, 6) is 0.797. The SMILES string of the molecule is Cc1ccc(CC(N)c2cc3cc(Cl)ccc3o2)cc1C. The Kier molecular flexibility index (Phi) is 3.75. The highest BCUT2D eigenvalue weighted by Crippen LogP contribution is 2.27. The third-order valence-corrected chi connectivity index (χ3v) is 4.12. The lowest BCUT2D eigenvalue weighted by molar-refractivity contribution is 0.494. The van der Waals surface area contributed by atoms with Crippen LogP contribution < -0.4 is 5.73 Å². The van der Waals surface area contributed by atoms with E-state index < -0.39 is 0 Å². The fraction of sp³-hybridized carbons (Fsp3) is 0.222. The van der Waals surface area contributed by atoms with Gasteiger partial charge in [0.05, 0.1) is 6.04 Å². The van der Waals surface area contributed by atoms with Crippen LogP contribution in [0.4, 0.5) is 0 Å². The van der Waals surface area contributed by atoms with E-state index in [9.17, 15) is 0 Å². The summed E-state index contributed by atoms with van der Waals surface area (Å²) in [5, 5.41) is 1.70. The van der Waals surface area contributed by atoms with Crippen molar-refractivity contribution in [2.45, 2.75) is 26.3 Å². The van der Waals surface area contributed by atoms with Gasteiger partial charge in [0.1, 0.15) is 11.3 Å². The van der Waals surface area contributed by atoms with Crippen LogP contribution in [0.3, 0.4) is 0 Å². The molecule has 0 fully saturated rings. The van der Waals surface area contributed by atoms with E-state index in [-0.39, 0.29) is 6.04 Å². The molecule has 0 amide bonds. The first-order valence-corrected chi connectivity index (χ1v) is 7.41. The summed E-state index contributed by atoms with van der Waals surface area (Å²) in [6, 6.07) is 13.9. The minimum absolute atomic E-state index is 0.154. The van der Waals surface area contributed by atoms with Crippen molar-refractivity contribution in [1.29, 1.82) is 0 Å². The molecule has 0 saturated heterocycles. The Morgan fingerprint density at radius 1 is 1.05 bits per heavy atom. The lowest BCUT2D eigenvalue weighted by Crippen LogP contribution is -2.12. The van der Waals surface area contributed by atoms with Crippen LogP contribution in [0.2, 0.25) is 5.02 Å². The monoisotopic (exact) mass is 299 g/mol. The molecule has 1 aromatic heterocycles. The predicted octanol–water partition coefficient (Wildman–Crippen LogP) is 4.95. The van der Waals surface area contributed by atoms with Crippen molar-refractivity contribution in [1.82, 2.24) is 0 Å². The second-order valence-electron chi connectivity index (χ2n) is 5.56. The largest absolute Gasteiger partial charge is 0.459 e. The van der Waals surface area contributed by atoms with Crippen LogP contribution in [0, 0.1) is 13.8 Å². The number of nitrogens with two attached hydrogens (primary N) is 1. The van der Waals surface area contributed by atoms with Gasteiger partial charge in [-0.1, -0.05) is 29.8 Å². The Labute approximate surface area is 129 Å². The predicted molar refractivity (Wildman–Crippen MR) is 87.8 cm³/mol. The van der Waals surface area contributed by atoms with Crippen molar-refractivity contribution in [2.75, 3.05) is 0 Å². The van der Waals surface area contributed by atoms with Crippen LogP contribution in [0.15, 0.2) is 46.9 Å². The molecule has 0 aliphatic heterocycles. The third-order valence-electron chi connectivity index (χ3n) is 3.89. The fourth-order valence-electron chi connectivity index (χ4n) is 2.50. The molecule has 0 radical (unpaired) electrons. The van der Waals surface area contributed by atoms with Gasteiger partial charge in [0, 0.05) is 10.4 Å². The molecule has 0 saturated carbocycles. The van der Waals surface area contributed by atoms with Crippen LogP contribution >= 0.6 is 11.6 Å². The van der Waals surface area contributed by atoms with Crippen LogP contribution in [-0.4, -0.2) is 0 Å². The molecule has 3 heteroatoms. The number of hydrogen-bond donors (Lipinski definition) is 1. The standard InChI is InChI=1S/C18H18ClNO/c1-11-3-4-13(7-12(11)2)8-16(20)18-10-14-9-15(19)5-6-17(14)21-18/h3-7,9-10,16H,8,20H2,1-2H3. The topological polar surface area (TPSA) is 39.2 Å². The van der Waals surface area contributed by atoms with Crippen LogP contribution in [-0.2, 0) is 6.42 Å². The van der Waals surface area contributed by atoms with E-state index in [1.54, 1.807) is 0 Å². The molecule has 1 atom stereocenters. The number of benzene rings is 2. The summed E-state index contributed by atoms with van der Waals surface area (Å²) in [7, 11) is 0. The molecule has 3 rings (SSSR count). The van der Waals surface area contributed by atoms with Crippen LogP contribution in [0.25, 0.3) is 11.0 Å². The van der Waals surface area contributed by atoms with Crippen molar-refractivity contribution in [3.05, 3.63) is 69.9 Å².